The number of hydrogen-bond acceptors (Lipinski definition) is 2. The van der Waals surface area contributed by atoms with Gasteiger partial charge in [0.25, 0.3) is 0 Å². The number of aryl methyl sites for hydroxylation is 1. The Labute approximate surface area is 72.6 Å². The molecule has 0 spiro atoms. The maximum absolute atomic E-state index is 10.1. The summed E-state index contributed by atoms with van der Waals surface area (Å²) < 4.78 is 0. The Hall–Kier alpha value is -1.18. The molecule has 0 aromatic heterocycles. The first-order valence-electron chi connectivity index (χ1n) is 4.24. The molecule has 0 aliphatic heterocycles. The maximum atomic E-state index is 10.1. The van der Waals surface area contributed by atoms with Gasteiger partial charge in [-0.2, -0.15) is 4.91 Å². The highest BCUT2D eigenvalue weighted by atomic mass is 16.3. The molecule has 0 radical (unpaired) electrons. The topological polar surface area (TPSA) is 29.4 Å². The summed E-state index contributed by atoms with van der Waals surface area (Å²) in [5, 5.41) is 2.90. The molecule has 0 aliphatic carbocycles. The van der Waals surface area contributed by atoms with Gasteiger partial charge in [0.05, 0.1) is 0 Å². The Balaban J connectivity index is 2.83. The van der Waals surface area contributed by atoms with Crippen LogP contribution in [0.25, 0.3) is 0 Å². The van der Waals surface area contributed by atoms with Crippen LogP contribution in [0.4, 0.5) is 0 Å². The minimum Gasteiger partial charge on any atom is -0.150 e. The summed E-state index contributed by atoms with van der Waals surface area (Å²) in [6.45, 7) is 2.43. The lowest BCUT2D eigenvalue weighted by Crippen LogP contribution is -1.91. The fraction of sp³-hybridized carbons (Fsp3) is 0.400. The third-order valence-corrected chi connectivity index (χ3v) is 1.87. The molecule has 0 fully saturated rings. The lowest BCUT2D eigenvalue weighted by atomic mass is 10.0. The quantitative estimate of drug-likeness (QED) is 0.627. The molecule has 0 unspecified atom stereocenters. The van der Waals surface area contributed by atoms with E-state index in [2.05, 4.69) is 18.2 Å². The molecule has 64 valence electrons. The van der Waals surface area contributed by atoms with Crippen LogP contribution in [-0.2, 0) is 13.0 Å². The van der Waals surface area contributed by atoms with E-state index >= 15 is 0 Å². The largest absolute Gasteiger partial charge is 0.150 e. The average Bonchev–Trinajstić information content (AvgIpc) is 2.09. The van der Waals surface area contributed by atoms with E-state index < -0.39 is 0 Å². The van der Waals surface area contributed by atoms with Crippen molar-refractivity contribution in [2.45, 2.75) is 26.3 Å². The minimum atomic E-state index is 0.302. The first kappa shape index (κ1) is 8.91. The molecule has 0 saturated carbocycles. The minimum absolute atomic E-state index is 0.302. The van der Waals surface area contributed by atoms with Crippen molar-refractivity contribution in [1.82, 2.24) is 0 Å². The van der Waals surface area contributed by atoms with Gasteiger partial charge in [-0.05, 0) is 17.5 Å². The van der Waals surface area contributed by atoms with Gasteiger partial charge in [0.1, 0.15) is 6.54 Å². The molecule has 1 aromatic rings. The molecule has 0 heterocycles. The Kier molecular flexibility index (Phi) is 3.45. The van der Waals surface area contributed by atoms with Gasteiger partial charge in [0, 0.05) is 0 Å². The van der Waals surface area contributed by atoms with Crippen LogP contribution < -0.4 is 0 Å². The second kappa shape index (κ2) is 4.65. The highest BCUT2D eigenvalue weighted by molar-refractivity contribution is 5.27. The van der Waals surface area contributed by atoms with Crippen molar-refractivity contribution < 1.29 is 0 Å². The second-order valence-electron chi connectivity index (χ2n) is 2.81. The van der Waals surface area contributed by atoms with E-state index in [1.165, 1.54) is 5.56 Å². The Morgan fingerprint density at radius 3 is 2.50 bits per heavy atom. The molecule has 12 heavy (non-hydrogen) atoms. The fourth-order valence-corrected chi connectivity index (χ4v) is 1.29. The first-order valence-corrected chi connectivity index (χ1v) is 4.24. The van der Waals surface area contributed by atoms with Crippen molar-refractivity contribution in [2.75, 3.05) is 0 Å². The van der Waals surface area contributed by atoms with Crippen LogP contribution in [0.3, 0.4) is 0 Å². The molecular weight excluding hydrogens is 150 g/mol. The van der Waals surface area contributed by atoms with Gasteiger partial charge in [-0.3, -0.25) is 0 Å². The highest BCUT2D eigenvalue weighted by Crippen LogP contribution is 2.11. The van der Waals surface area contributed by atoms with Crippen LogP contribution in [0.2, 0.25) is 0 Å². The monoisotopic (exact) mass is 163 g/mol. The van der Waals surface area contributed by atoms with Gasteiger partial charge >= 0.3 is 0 Å². The highest BCUT2D eigenvalue weighted by Gasteiger charge is 1.99. The zero-order chi connectivity index (χ0) is 8.81. The van der Waals surface area contributed by atoms with E-state index in [4.69, 9.17) is 0 Å². The third kappa shape index (κ3) is 2.16. The summed E-state index contributed by atoms with van der Waals surface area (Å²) in [6.07, 6.45) is 2.14. The third-order valence-electron chi connectivity index (χ3n) is 1.87. The summed E-state index contributed by atoms with van der Waals surface area (Å²) in [7, 11) is 0. The lowest BCUT2D eigenvalue weighted by molar-refractivity contribution is 0.892. The fourth-order valence-electron chi connectivity index (χ4n) is 1.29. The van der Waals surface area contributed by atoms with Crippen molar-refractivity contribution in [2.24, 2.45) is 5.18 Å². The molecular formula is C10H13NO. The summed E-state index contributed by atoms with van der Waals surface area (Å²) in [5.41, 5.74) is 2.31. The van der Waals surface area contributed by atoms with Gasteiger partial charge in [-0.15, -0.1) is 0 Å². The van der Waals surface area contributed by atoms with Crippen molar-refractivity contribution >= 4 is 0 Å². The Morgan fingerprint density at radius 2 is 1.92 bits per heavy atom. The van der Waals surface area contributed by atoms with E-state index in [1.54, 1.807) is 0 Å². The molecule has 0 saturated heterocycles. The average molecular weight is 163 g/mol. The summed E-state index contributed by atoms with van der Waals surface area (Å²) in [4.78, 5) is 10.1. The molecule has 0 N–H and O–H groups in total. The SMILES string of the molecule is CCCc1ccccc1CN=O. The van der Waals surface area contributed by atoms with Gasteiger partial charge in [-0.25, -0.2) is 0 Å². The number of benzene rings is 1. The summed E-state index contributed by atoms with van der Waals surface area (Å²) in [6, 6.07) is 7.97. The van der Waals surface area contributed by atoms with Crippen LogP contribution in [0.5, 0.6) is 0 Å². The van der Waals surface area contributed by atoms with Crippen LogP contribution in [0.15, 0.2) is 29.4 Å². The standard InChI is InChI=1S/C10H13NO/c1-2-5-9-6-3-4-7-10(9)8-11-12/h3-4,6-7H,2,5,8H2,1H3. The summed E-state index contributed by atoms with van der Waals surface area (Å²) in [5.74, 6) is 0. The van der Waals surface area contributed by atoms with Crippen molar-refractivity contribution in [3.63, 3.8) is 0 Å². The maximum Gasteiger partial charge on any atom is 0.106 e. The van der Waals surface area contributed by atoms with E-state index in [-0.39, 0.29) is 0 Å². The molecule has 0 bridgehead atoms. The van der Waals surface area contributed by atoms with Crippen LogP contribution in [0.1, 0.15) is 24.5 Å². The Bertz CT molecular complexity index is 258. The zero-order valence-corrected chi connectivity index (χ0v) is 7.29. The normalized spacial score (nSPS) is 9.75. The molecule has 2 heteroatoms. The van der Waals surface area contributed by atoms with Gasteiger partial charge in [-0.1, -0.05) is 42.8 Å². The van der Waals surface area contributed by atoms with Crippen molar-refractivity contribution in [1.29, 1.82) is 0 Å². The van der Waals surface area contributed by atoms with Crippen LogP contribution in [-0.4, -0.2) is 0 Å². The van der Waals surface area contributed by atoms with Crippen molar-refractivity contribution in [3.05, 3.63) is 40.3 Å². The number of hydrogen-bond donors (Lipinski definition) is 0. The van der Waals surface area contributed by atoms with E-state index in [0.29, 0.717) is 6.54 Å². The Morgan fingerprint density at radius 1 is 1.25 bits per heavy atom. The molecule has 0 atom stereocenters. The van der Waals surface area contributed by atoms with Gasteiger partial charge in [0.2, 0.25) is 0 Å². The van der Waals surface area contributed by atoms with Gasteiger partial charge in [0.15, 0.2) is 0 Å². The van der Waals surface area contributed by atoms with E-state index in [9.17, 15) is 4.91 Å². The first-order chi connectivity index (χ1) is 5.88. The second-order valence-corrected chi connectivity index (χ2v) is 2.81. The molecule has 1 aromatic carbocycles. The lowest BCUT2D eigenvalue weighted by Gasteiger charge is -2.03. The number of nitrogens with zero attached hydrogens (tertiary/aromatic N) is 1. The predicted molar refractivity (Wildman–Crippen MR) is 49.9 cm³/mol. The van der Waals surface area contributed by atoms with Crippen LogP contribution >= 0.6 is 0 Å². The number of rotatable bonds is 4. The predicted octanol–water partition coefficient (Wildman–Crippen LogP) is 2.91. The number of nitroso groups, excluding NO2 is 1. The molecule has 0 aliphatic rings. The van der Waals surface area contributed by atoms with Gasteiger partial charge < -0.3 is 0 Å². The van der Waals surface area contributed by atoms with E-state index in [1.807, 2.05) is 18.2 Å². The smallest absolute Gasteiger partial charge is 0.106 e. The van der Waals surface area contributed by atoms with Crippen molar-refractivity contribution in [3.8, 4) is 0 Å². The van der Waals surface area contributed by atoms with Crippen LogP contribution in [0, 0.1) is 4.91 Å². The molecule has 1 rings (SSSR count). The zero-order valence-electron chi connectivity index (χ0n) is 7.29. The molecule has 0 amide bonds. The molecule has 2 nitrogen and oxygen atoms in total. The summed E-state index contributed by atoms with van der Waals surface area (Å²) >= 11 is 0. The van der Waals surface area contributed by atoms with E-state index in [0.717, 1.165) is 18.4 Å².